The molecule has 1 N–H and O–H groups in total. The lowest BCUT2D eigenvalue weighted by Crippen LogP contribution is -2.30. The van der Waals surface area contributed by atoms with Crippen LogP contribution in [0.15, 0.2) is 23.9 Å². The van der Waals surface area contributed by atoms with Crippen LogP contribution >= 0.6 is 0 Å². The van der Waals surface area contributed by atoms with E-state index in [1.807, 2.05) is 13.8 Å². The molecule has 6 heteroatoms. The van der Waals surface area contributed by atoms with Crippen LogP contribution in [-0.2, 0) is 4.79 Å². The summed E-state index contributed by atoms with van der Waals surface area (Å²) in [5.74, 6) is 0.887. The average molecular weight is 304 g/mol. The molecule has 2 rings (SSSR count). The molecule has 118 valence electrons. The molecule has 22 heavy (non-hydrogen) atoms. The maximum atomic E-state index is 12.0. The van der Waals surface area contributed by atoms with Gasteiger partial charge in [0, 0.05) is 6.54 Å². The number of amides is 3. The van der Waals surface area contributed by atoms with Gasteiger partial charge in [-0.15, -0.1) is 0 Å². The number of carbonyl (C=O) groups is 2. The first kappa shape index (κ1) is 15.9. The molecule has 0 spiro atoms. The average Bonchev–Trinajstić information content (AvgIpc) is 2.74. The van der Waals surface area contributed by atoms with Crippen molar-refractivity contribution in [3.8, 4) is 11.5 Å². The van der Waals surface area contributed by atoms with E-state index >= 15 is 0 Å². The standard InChI is InChI=1S/C16H20N2O4/c1-5-18-15(19)12(17-16(18)20)8-11-6-7-13(22-10(2)3)14(9-11)21-4/h6-10H,5H2,1-4H3,(H,17,20). The second-order valence-corrected chi connectivity index (χ2v) is 5.11. The number of hydrogen-bond donors (Lipinski definition) is 1. The lowest BCUT2D eigenvalue weighted by molar-refractivity contribution is -0.122. The summed E-state index contributed by atoms with van der Waals surface area (Å²) in [5, 5.41) is 2.56. The van der Waals surface area contributed by atoms with Gasteiger partial charge in [-0.3, -0.25) is 9.69 Å². The Labute approximate surface area is 129 Å². The van der Waals surface area contributed by atoms with E-state index in [2.05, 4.69) is 5.32 Å². The quantitative estimate of drug-likeness (QED) is 0.670. The largest absolute Gasteiger partial charge is 0.493 e. The van der Waals surface area contributed by atoms with Crippen LogP contribution in [0.25, 0.3) is 6.08 Å². The molecule has 1 aromatic rings. The van der Waals surface area contributed by atoms with Gasteiger partial charge >= 0.3 is 6.03 Å². The van der Waals surface area contributed by atoms with Crippen molar-refractivity contribution in [2.45, 2.75) is 26.9 Å². The number of hydrogen-bond acceptors (Lipinski definition) is 4. The zero-order chi connectivity index (χ0) is 16.3. The van der Waals surface area contributed by atoms with Crippen LogP contribution in [-0.4, -0.2) is 36.6 Å². The van der Waals surface area contributed by atoms with E-state index in [0.717, 1.165) is 10.5 Å². The maximum absolute atomic E-state index is 12.0. The Morgan fingerprint density at radius 2 is 2.00 bits per heavy atom. The lowest BCUT2D eigenvalue weighted by atomic mass is 10.1. The Morgan fingerprint density at radius 1 is 1.27 bits per heavy atom. The second kappa shape index (κ2) is 6.51. The molecular weight excluding hydrogens is 284 g/mol. The van der Waals surface area contributed by atoms with Gasteiger partial charge in [0.1, 0.15) is 5.70 Å². The summed E-state index contributed by atoms with van der Waals surface area (Å²) in [6, 6.07) is 4.95. The van der Waals surface area contributed by atoms with E-state index < -0.39 is 6.03 Å². The Kier molecular flexibility index (Phi) is 4.70. The molecule has 1 fully saturated rings. The number of methoxy groups -OCH3 is 1. The number of benzene rings is 1. The summed E-state index contributed by atoms with van der Waals surface area (Å²) in [6.45, 7) is 5.96. The summed E-state index contributed by atoms with van der Waals surface area (Å²) < 4.78 is 10.9. The molecule has 0 saturated carbocycles. The molecule has 0 aromatic heterocycles. The van der Waals surface area contributed by atoms with E-state index in [1.165, 1.54) is 0 Å². The van der Waals surface area contributed by atoms with Gasteiger partial charge in [-0.2, -0.15) is 0 Å². The van der Waals surface area contributed by atoms with Crippen LogP contribution in [0.4, 0.5) is 4.79 Å². The van der Waals surface area contributed by atoms with Crippen molar-refractivity contribution in [2.24, 2.45) is 0 Å². The highest BCUT2D eigenvalue weighted by Gasteiger charge is 2.31. The Balaban J connectivity index is 2.29. The van der Waals surface area contributed by atoms with E-state index in [9.17, 15) is 9.59 Å². The molecule has 1 heterocycles. The molecular formula is C16H20N2O4. The third-order valence-electron chi connectivity index (χ3n) is 3.14. The van der Waals surface area contributed by atoms with E-state index in [4.69, 9.17) is 9.47 Å². The predicted octanol–water partition coefficient (Wildman–Crippen LogP) is 2.40. The first-order valence-corrected chi connectivity index (χ1v) is 7.15. The maximum Gasteiger partial charge on any atom is 0.328 e. The van der Waals surface area contributed by atoms with Crippen LogP contribution in [0, 0.1) is 0 Å². The zero-order valence-electron chi connectivity index (χ0n) is 13.2. The molecule has 6 nitrogen and oxygen atoms in total. The molecule has 1 aliphatic rings. The fourth-order valence-electron chi connectivity index (χ4n) is 2.15. The smallest absolute Gasteiger partial charge is 0.328 e. The first-order chi connectivity index (χ1) is 10.5. The van der Waals surface area contributed by atoms with Crippen molar-refractivity contribution in [1.29, 1.82) is 0 Å². The SMILES string of the molecule is CCN1C(=O)NC(=Cc2ccc(OC(C)C)c(OC)c2)C1=O. The molecule has 0 radical (unpaired) electrons. The third kappa shape index (κ3) is 3.21. The number of ether oxygens (including phenoxy) is 2. The topological polar surface area (TPSA) is 67.9 Å². The van der Waals surface area contributed by atoms with E-state index in [-0.39, 0.29) is 17.7 Å². The minimum Gasteiger partial charge on any atom is -0.493 e. The summed E-state index contributed by atoms with van der Waals surface area (Å²) in [6.07, 6.45) is 1.66. The highest BCUT2D eigenvalue weighted by molar-refractivity contribution is 6.13. The fraction of sp³-hybridized carbons (Fsp3) is 0.375. The van der Waals surface area contributed by atoms with Crippen LogP contribution < -0.4 is 14.8 Å². The number of likely N-dealkylation sites (N-methyl/N-ethyl adjacent to an activating group) is 1. The number of urea groups is 1. The molecule has 0 unspecified atom stereocenters. The number of imide groups is 1. The molecule has 0 bridgehead atoms. The molecule has 3 amide bonds. The van der Waals surface area contributed by atoms with Gasteiger partial charge in [0.25, 0.3) is 5.91 Å². The fourth-order valence-corrected chi connectivity index (χ4v) is 2.15. The molecule has 1 aromatic carbocycles. The molecule has 1 aliphatic heterocycles. The van der Waals surface area contributed by atoms with Crippen LogP contribution in [0.5, 0.6) is 11.5 Å². The van der Waals surface area contributed by atoms with Gasteiger partial charge in [-0.25, -0.2) is 4.79 Å². The Bertz CT molecular complexity index is 623. The lowest BCUT2D eigenvalue weighted by Gasteiger charge is -2.13. The van der Waals surface area contributed by atoms with Gasteiger partial charge in [-0.05, 0) is 44.5 Å². The summed E-state index contributed by atoms with van der Waals surface area (Å²) in [7, 11) is 1.56. The first-order valence-electron chi connectivity index (χ1n) is 7.15. The third-order valence-corrected chi connectivity index (χ3v) is 3.14. The monoisotopic (exact) mass is 304 g/mol. The molecule has 0 atom stereocenters. The van der Waals surface area contributed by atoms with Crippen molar-refractivity contribution < 1.29 is 19.1 Å². The van der Waals surface area contributed by atoms with Crippen LogP contribution in [0.3, 0.4) is 0 Å². The molecule has 0 aliphatic carbocycles. The van der Waals surface area contributed by atoms with E-state index in [0.29, 0.717) is 18.0 Å². The van der Waals surface area contributed by atoms with E-state index in [1.54, 1.807) is 38.3 Å². The Morgan fingerprint density at radius 3 is 2.55 bits per heavy atom. The zero-order valence-corrected chi connectivity index (χ0v) is 13.2. The van der Waals surface area contributed by atoms with Crippen LogP contribution in [0.2, 0.25) is 0 Å². The van der Waals surface area contributed by atoms with Crippen molar-refractivity contribution in [3.63, 3.8) is 0 Å². The highest BCUT2D eigenvalue weighted by Crippen LogP contribution is 2.30. The normalized spacial score (nSPS) is 16.4. The van der Waals surface area contributed by atoms with Crippen molar-refractivity contribution >= 4 is 18.0 Å². The minimum atomic E-state index is -0.398. The van der Waals surface area contributed by atoms with Gasteiger partial charge in [-0.1, -0.05) is 6.07 Å². The highest BCUT2D eigenvalue weighted by atomic mass is 16.5. The van der Waals surface area contributed by atoms with Gasteiger partial charge < -0.3 is 14.8 Å². The number of rotatable bonds is 5. The number of nitrogens with one attached hydrogen (secondary N) is 1. The predicted molar refractivity (Wildman–Crippen MR) is 82.7 cm³/mol. The number of carbonyl (C=O) groups excluding carboxylic acids is 2. The van der Waals surface area contributed by atoms with Crippen molar-refractivity contribution in [2.75, 3.05) is 13.7 Å². The summed E-state index contributed by atoms with van der Waals surface area (Å²) in [5.41, 5.74) is 1.00. The minimum absolute atomic E-state index is 0.0342. The number of nitrogens with zero attached hydrogens (tertiary/aromatic N) is 1. The van der Waals surface area contributed by atoms with Gasteiger partial charge in [0.2, 0.25) is 0 Å². The van der Waals surface area contributed by atoms with Gasteiger partial charge in [0.15, 0.2) is 11.5 Å². The summed E-state index contributed by atoms with van der Waals surface area (Å²) >= 11 is 0. The Hall–Kier alpha value is -2.50. The van der Waals surface area contributed by atoms with Crippen LogP contribution in [0.1, 0.15) is 26.3 Å². The molecule has 1 saturated heterocycles. The summed E-state index contributed by atoms with van der Waals surface area (Å²) in [4.78, 5) is 24.8. The van der Waals surface area contributed by atoms with Crippen molar-refractivity contribution in [1.82, 2.24) is 10.2 Å². The second-order valence-electron chi connectivity index (χ2n) is 5.11. The van der Waals surface area contributed by atoms with Crippen molar-refractivity contribution in [3.05, 3.63) is 29.5 Å². The van der Waals surface area contributed by atoms with Gasteiger partial charge in [0.05, 0.1) is 13.2 Å².